The third-order valence-electron chi connectivity index (χ3n) is 2.37. The van der Waals surface area contributed by atoms with Crippen molar-refractivity contribution in [2.75, 3.05) is 20.8 Å². The molecule has 3 nitrogen and oxygen atoms in total. The maximum absolute atomic E-state index is 11.5. The van der Waals surface area contributed by atoms with Gasteiger partial charge in [0.1, 0.15) is 0 Å². The molecule has 0 atom stereocenters. The van der Waals surface area contributed by atoms with E-state index in [0.717, 1.165) is 15.6 Å². The van der Waals surface area contributed by atoms with Crippen molar-refractivity contribution < 1.29 is 14.3 Å². The van der Waals surface area contributed by atoms with Gasteiger partial charge in [-0.3, -0.25) is 0 Å². The van der Waals surface area contributed by atoms with Crippen molar-refractivity contribution >= 4 is 28.0 Å². The van der Waals surface area contributed by atoms with Crippen LogP contribution in [0, 0.1) is 6.92 Å². The fourth-order valence-electron chi connectivity index (χ4n) is 1.38. The van der Waals surface area contributed by atoms with E-state index in [9.17, 15) is 4.79 Å². The molecule has 0 saturated heterocycles. The van der Waals surface area contributed by atoms with E-state index < -0.39 is 0 Å². The quantitative estimate of drug-likeness (QED) is 0.801. The molecular weight excluding hydrogens is 284 g/mol. The number of hydrogen-bond acceptors (Lipinski definition) is 3. The van der Waals surface area contributed by atoms with E-state index in [1.165, 1.54) is 7.11 Å². The molecule has 0 heterocycles. The maximum Gasteiger partial charge on any atom is 0.337 e. The van der Waals surface area contributed by atoms with Crippen molar-refractivity contribution in [3.05, 3.63) is 39.4 Å². The van der Waals surface area contributed by atoms with Gasteiger partial charge in [-0.15, -0.1) is 0 Å². The smallest absolute Gasteiger partial charge is 0.337 e. The van der Waals surface area contributed by atoms with Crippen molar-refractivity contribution in [2.24, 2.45) is 0 Å². The molecule has 0 aliphatic carbocycles. The molecule has 1 aromatic rings. The van der Waals surface area contributed by atoms with Gasteiger partial charge < -0.3 is 9.47 Å². The minimum Gasteiger partial charge on any atom is -0.465 e. The van der Waals surface area contributed by atoms with Crippen LogP contribution in [0.3, 0.4) is 0 Å². The molecule has 0 bridgehead atoms. The first kappa shape index (κ1) is 13.9. The summed E-state index contributed by atoms with van der Waals surface area (Å²) in [5, 5.41) is 0. The van der Waals surface area contributed by atoms with Gasteiger partial charge in [-0.25, -0.2) is 4.79 Å². The molecule has 17 heavy (non-hydrogen) atoms. The fourth-order valence-corrected chi connectivity index (χ4v) is 1.86. The minimum atomic E-state index is -0.341. The van der Waals surface area contributed by atoms with Gasteiger partial charge in [0.25, 0.3) is 0 Å². The Labute approximate surface area is 110 Å². The zero-order chi connectivity index (χ0) is 12.8. The van der Waals surface area contributed by atoms with Crippen molar-refractivity contribution in [2.45, 2.75) is 6.92 Å². The Morgan fingerprint density at radius 3 is 2.71 bits per heavy atom. The van der Waals surface area contributed by atoms with E-state index in [-0.39, 0.29) is 5.97 Å². The van der Waals surface area contributed by atoms with E-state index in [0.29, 0.717) is 12.2 Å². The number of hydrogen-bond donors (Lipinski definition) is 0. The van der Waals surface area contributed by atoms with Crippen molar-refractivity contribution in [3.63, 3.8) is 0 Å². The van der Waals surface area contributed by atoms with Crippen LogP contribution in [0.25, 0.3) is 6.08 Å². The van der Waals surface area contributed by atoms with E-state index in [1.54, 1.807) is 19.2 Å². The highest BCUT2D eigenvalue weighted by Crippen LogP contribution is 2.23. The average Bonchev–Trinajstić information content (AvgIpc) is 2.33. The first-order valence-corrected chi connectivity index (χ1v) is 5.93. The summed E-state index contributed by atoms with van der Waals surface area (Å²) in [7, 11) is 3.01. The molecule has 1 rings (SSSR count). The molecule has 0 saturated carbocycles. The van der Waals surface area contributed by atoms with Crippen LogP contribution < -0.4 is 0 Å². The second kappa shape index (κ2) is 6.57. The summed E-state index contributed by atoms with van der Waals surface area (Å²) >= 11 is 3.43. The number of rotatable bonds is 4. The van der Waals surface area contributed by atoms with Crippen LogP contribution in [0.1, 0.15) is 21.5 Å². The largest absolute Gasteiger partial charge is 0.465 e. The second-order valence-electron chi connectivity index (χ2n) is 3.52. The Balaban J connectivity index is 3.11. The zero-order valence-corrected chi connectivity index (χ0v) is 11.7. The van der Waals surface area contributed by atoms with Crippen molar-refractivity contribution in [1.82, 2.24) is 0 Å². The van der Waals surface area contributed by atoms with Crippen LogP contribution in [0.4, 0.5) is 0 Å². The summed E-state index contributed by atoms with van der Waals surface area (Å²) in [5.41, 5.74) is 2.57. The molecule has 0 unspecified atom stereocenters. The summed E-state index contributed by atoms with van der Waals surface area (Å²) in [5.74, 6) is -0.341. The molecule has 0 N–H and O–H groups in total. The summed E-state index contributed by atoms with van der Waals surface area (Å²) in [6, 6.07) is 3.56. The van der Waals surface area contributed by atoms with Crippen LogP contribution in [0.5, 0.6) is 0 Å². The molecule has 92 valence electrons. The van der Waals surface area contributed by atoms with Crippen LogP contribution in [-0.2, 0) is 9.47 Å². The Bertz CT molecular complexity index is 439. The number of ether oxygens (including phenoxy) is 2. The van der Waals surface area contributed by atoms with E-state index in [2.05, 4.69) is 15.9 Å². The van der Waals surface area contributed by atoms with Gasteiger partial charge >= 0.3 is 5.97 Å². The monoisotopic (exact) mass is 298 g/mol. The molecule has 0 spiro atoms. The predicted molar refractivity (Wildman–Crippen MR) is 71.1 cm³/mol. The molecule has 4 heteroatoms. The molecule has 0 fully saturated rings. The first-order valence-electron chi connectivity index (χ1n) is 5.14. The van der Waals surface area contributed by atoms with E-state index in [4.69, 9.17) is 9.47 Å². The number of esters is 1. The molecule has 0 aliphatic heterocycles. The zero-order valence-electron chi connectivity index (χ0n) is 10.1. The van der Waals surface area contributed by atoms with Crippen molar-refractivity contribution in [1.29, 1.82) is 0 Å². The fraction of sp³-hybridized carbons (Fsp3) is 0.308. The number of carbonyl (C=O) groups excluding carboxylic acids is 1. The number of methoxy groups -OCH3 is 2. The van der Waals surface area contributed by atoms with Gasteiger partial charge in [0.15, 0.2) is 0 Å². The lowest BCUT2D eigenvalue weighted by Crippen LogP contribution is -2.02. The summed E-state index contributed by atoms with van der Waals surface area (Å²) < 4.78 is 10.5. The molecule has 0 aliphatic rings. The Morgan fingerprint density at radius 1 is 1.41 bits per heavy atom. The minimum absolute atomic E-state index is 0.341. The van der Waals surface area contributed by atoms with Gasteiger partial charge in [-0.2, -0.15) is 0 Å². The van der Waals surface area contributed by atoms with Crippen LogP contribution in [-0.4, -0.2) is 26.8 Å². The third kappa shape index (κ3) is 3.68. The van der Waals surface area contributed by atoms with Crippen LogP contribution >= 0.6 is 15.9 Å². The van der Waals surface area contributed by atoms with Gasteiger partial charge in [0.05, 0.1) is 19.3 Å². The summed E-state index contributed by atoms with van der Waals surface area (Å²) in [6.45, 7) is 2.52. The standard InChI is InChI=1S/C13H15BrO3/c1-9-10(5-4-6-16-2)7-11(8-12(9)14)13(15)17-3/h4-5,7-8H,6H2,1-3H3. The highest BCUT2D eigenvalue weighted by atomic mass is 79.9. The highest BCUT2D eigenvalue weighted by molar-refractivity contribution is 9.10. The van der Waals surface area contributed by atoms with Gasteiger partial charge in [-0.05, 0) is 30.2 Å². The van der Waals surface area contributed by atoms with Crippen molar-refractivity contribution in [3.8, 4) is 0 Å². The number of carbonyl (C=O) groups is 1. The number of benzene rings is 1. The lowest BCUT2D eigenvalue weighted by Gasteiger charge is -2.07. The second-order valence-corrected chi connectivity index (χ2v) is 4.38. The maximum atomic E-state index is 11.5. The summed E-state index contributed by atoms with van der Waals surface area (Å²) in [4.78, 5) is 11.5. The van der Waals surface area contributed by atoms with Gasteiger partial charge in [0, 0.05) is 11.6 Å². The lowest BCUT2D eigenvalue weighted by atomic mass is 10.0. The topological polar surface area (TPSA) is 35.5 Å². The van der Waals surface area contributed by atoms with E-state index in [1.807, 2.05) is 19.1 Å². The Morgan fingerprint density at radius 2 is 2.12 bits per heavy atom. The van der Waals surface area contributed by atoms with Crippen LogP contribution in [0.2, 0.25) is 0 Å². The van der Waals surface area contributed by atoms with E-state index >= 15 is 0 Å². The Hall–Kier alpha value is -1.13. The average molecular weight is 299 g/mol. The van der Waals surface area contributed by atoms with Gasteiger partial charge in [-0.1, -0.05) is 28.1 Å². The van der Waals surface area contributed by atoms with Crippen LogP contribution in [0.15, 0.2) is 22.7 Å². The molecule has 1 aromatic carbocycles. The lowest BCUT2D eigenvalue weighted by molar-refractivity contribution is 0.0600. The predicted octanol–water partition coefficient (Wildman–Crippen LogP) is 3.20. The third-order valence-corrected chi connectivity index (χ3v) is 3.19. The SMILES string of the molecule is COCC=Cc1cc(C(=O)OC)cc(Br)c1C. The molecule has 0 radical (unpaired) electrons. The highest BCUT2D eigenvalue weighted by Gasteiger charge is 2.09. The molecule has 0 aromatic heterocycles. The molecule has 0 amide bonds. The van der Waals surface area contributed by atoms with Gasteiger partial charge in [0.2, 0.25) is 0 Å². The number of halogens is 1. The summed E-state index contributed by atoms with van der Waals surface area (Å²) in [6.07, 6.45) is 3.83. The normalized spacial score (nSPS) is 10.8. The molecular formula is C13H15BrO3. The first-order chi connectivity index (χ1) is 8.10. The Kier molecular flexibility index (Phi) is 5.38.